The van der Waals surface area contributed by atoms with Crippen molar-refractivity contribution in [2.75, 3.05) is 6.79 Å². The Balaban J connectivity index is 0.000000117. The van der Waals surface area contributed by atoms with Gasteiger partial charge in [-0.15, -0.1) is 0 Å². The lowest BCUT2D eigenvalue weighted by molar-refractivity contribution is -0.165. The molecule has 15 aromatic rings. The molecule has 11 aromatic carbocycles. The maximum atomic E-state index is 13.4. The minimum atomic E-state index is -0.533. The van der Waals surface area contributed by atoms with Gasteiger partial charge in [-0.2, -0.15) is 0 Å². The number of aromatic amines is 1. The Hall–Kier alpha value is -15.2. The second-order valence-electron chi connectivity index (χ2n) is 28.7. The Bertz CT molecular complexity index is 6780. The van der Waals surface area contributed by atoms with E-state index in [0.29, 0.717) is 114 Å². The van der Waals surface area contributed by atoms with Crippen LogP contribution in [0.3, 0.4) is 0 Å². The summed E-state index contributed by atoms with van der Waals surface area (Å²) in [4.78, 5) is 112. The highest BCUT2D eigenvalue weighted by molar-refractivity contribution is 6.33. The first-order chi connectivity index (χ1) is 56.9. The molecule has 4 aliphatic rings. The standard InChI is InChI=1S/C28H20N2O2.C26H20N2O2.C24H19NO6.C20H16N2O2/c1-17-10-12-18(13-11-17)16-30-25-9-5-3-7-20(25)28(32)22-14-24-21(15-26(22)30)27(31)19-6-2-4-8-23(19)29-24;1-17-12-14-18(15-13-17)16-28-24(20-10-6-3-7-11-20)22-21(26(28)30)23(27-25(22)29)19-8-4-2-5-9-19;1-14(26)30-13-31-20(28)11-15-7-9-17(10-8-15)23-22-19(27)12-18(21(22)24(29)25-23)16-5-3-2-4-6-16;1-2-22-18(14-11-7-4-8-12-14)16-15(20(22)24)17(21-19(16)23)13-9-5-3-6-10-13/h2-15H,16H2,1H3,(H,29,31);2-15,30H,16H2,1H3;2-10H,11-13H2,1H3,(H,25,29);3-12,24H,2H2,1H3. The van der Waals surface area contributed by atoms with E-state index in [1.807, 2.05) is 255 Å². The molecular formula is C98H75N7O12. The fraction of sp³-hybridized carbons (Fsp3) is 0.102. The van der Waals surface area contributed by atoms with Crippen LogP contribution in [0.2, 0.25) is 0 Å². The number of ketones is 1. The van der Waals surface area contributed by atoms with E-state index < -0.39 is 18.7 Å². The first-order valence-corrected chi connectivity index (χ1v) is 38.2. The molecule has 574 valence electrons. The molecule has 19 nitrogen and oxygen atoms in total. The molecule has 117 heavy (non-hydrogen) atoms. The van der Waals surface area contributed by atoms with Gasteiger partial charge >= 0.3 is 11.9 Å². The number of para-hydroxylation sites is 2. The molecule has 3 amide bonds. The molecule has 0 saturated carbocycles. The molecule has 7 heterocycles. The van der Waals surface area contributed by atoms with Crippen molar-refractivity contribution in [2.45, 2.75) is 60.2 Å². The number of aliphatic imine (C=N–C) groups is 2. The van der Waals surface area contributed by atoms with E-state index in [-0.39, 0.29) is 59.0 Å². The lowest BCUT2D eigenvalue weighted by Gasteiger charge is -2.16. The number of rotatable bonds is 15. The quantitative estimate of drug-likeness (QED) is 0.0424. The predicted octanol–water partition coefficient (Wildman–Crippen LogP) is 17.1. The van der Waals surface area contributed by atoms with Gasteiger partial charge in [0.25, 0.3) is 17.7 Å². The van der Waals surface area contributed by atoms with Crippen LogP contribution in [0.4, 0.5) is 0 Å². The number of aromatic nitrogens is 4. The monoisotopic (exact) mass is 1540 g/mol. The number of hydrogen-bond acceptors (Lipinski definition) is 12. The van der Waals surface area contributed by atoms with E-state index in [0.717, 1.165) is 66.8 Å². The molecule has 4 N–H and O–H groups in total. The summed E-state index contributed by atoms with van der Waals surface area (Å²) in [6.07, 6.45) is 0.194. The predicted molar refractivity (Wildman–Crippen MR) is 454 cm³/mol. The summed E-state index contributed by atoms with van der Waals surface area (Å²) >= 11 is 0. The Morgan fingerprint density at radius 3 is 1.43 bits per heavy atom. The Morgan fingerprint density at radius 2 is 0.889 bits per heavy atom. The topological polar surface area (TPSA) is 263 Å². The average molecular weight is 1540 g/mol. The van der Waals surface area contributed by atoms with Crippen LogP contribution in [-0.4, -0.2) is 82.6 Å². The van der Waals surface area contributed by atoms with Crippen molar-refractivity contribution in [3.05, 3.63) is 389 Å². The number of esters is 2. The number of allylic oxidation sites excluding steroid dienone is 1. The number of H-pyrrole nitrogens is 1. The fourth-order valence-corrected chi connectivity index (χ4v) is 15.5. The van der Waals surface area contributed by atoms with Gasteiger partial charge in [0.05, 0.1) is 91.4 Å². The van der Waals surface area contributed by atoms with Crippen LogP contribution in [0.15, 0.2) is 316 Å². The number of benzene rings is 11. The van der Waals surface area contributed by atoms with Crippen molar-refractivity contribution in [1.29, 1.82) is 0 Å². The largest absolute Gasteiger partial charge is 0.494 e. The second kappa shape index (κ2) is 32.5. The minimum Gasteiger partial charge on any atom is -0.494 e. The zero-order valence-electron chi connectivity index (χ0n) is 64.1. The molecular weight excluding hydrogens is 1470 g/mol. The van der Waals surface area contributed by atoms with E-state index in [2.05, 4.69) is 60.8 Å². The zero-order valence-corrected chi connectivity index (χ0v) is 64.1. The summed E-state index contributed by atoms with van der Waals surface area (Å²) in [5.41, 5.74) is 19.8. The molecule has 0 atom stereocenters. The van der Waals surface area contributed by atoms with Crippen molar-refractivity contribution in [2.24, 2.45) is 9.98 Å². The van der Waals surface area contributed by atoms with Gasteiger partial charge in [-0.05, 0) is 102 Å². The highest BCUT2D eigenvalue weighted by Gasteiger charge is 2.41. The van der Waals surface area contributed by atoms with Gasteiger partial charge in [0.2, 0.25) is 18.6 Å². The molecule has 0 spiro atoms. The van der Waals surface area contributed by atoms with Crippen LogP contribution in [0, 0.1) is 13.8 Å². The number of amides is 3. The number of fused-ring (bicyclic) bond motifs is 7. The maximum absolute atomic E-state index is 13.4. The highest BCUT2D eigenvalue weighted by atomic mass is 16.7. The third-order valence-corrected chi connectivity index (χ3v) is 21.1. The van der Waals surface area contributed by atoms with Gasteiger partial charge in [0, 0.05) is 64.6 Å². The van der Waals surface area contributed by atoms with Crippen molar-refractivity contribution in [1.82, 2.24) is 24.0 Å². The van der Waals surface area contributed by atoms with Crippen LogP contribution in [0.1, 0.15) is 102 Å². The maximum Gasteiger partial charge on any atom is 0.313 e. The number of nitrogens with one attached hydrogen (secondary N) is 2. The summed E-state index contributed by atoms with van der Waals surface area (Å²) in [6.45, 7) is 8.49. The van der Waals surface area contributed by atoms with Gasteiger partial charge in [-0.1, -0.05) is 260 Å². The number of aryl methyl sites for hydroxylation is 2. The van der Waals surface area contributed by atoms with Crippen molar-refractivity contribution in [3.63, 3.8) is 0 Å². The van der Waals surface area contributed by atoms with E-state index in [9.17, 15) is 48.6 Å². The lowest BCUT2D eigenvalue weighted by Crippen LogP contribution is -2.16. The number of nitrogens with zero attached hydrogens (tertiary/aromatic N) is 5. The third kappa shape index (κ3) is 14.9. The summed E-state index contributed by atoms with van der Waals surface area (Å²) < 4.78 is 15.1. The summed E-state index contributed by atoms with van der Waals surface area (Å²) in [5, 5.41) is 27.4. The summed E-state index contributed by atoms with van der Waals surface area (Å²) in [6, 6.07) is 90.2. The summed E-state index contributed by atoms with van der Waals surface area (Å²) in [7, 11) is 0. The van der Waals surface area contributed by atoms with Gasteiger partial charge in [-0.25, -0.2) is 9.98 Å². The van der Waals surface area contributed by atoms with Crippen LogP contribution in [0.5, 0.6) is 11.8 Å². The Morgan fingerprint density at radius 1 is 0.427 bits per heavy atom. The number of pyridine rings is 2. The van der Waals surface area contributed by atoms with Crippen LogP contribution in [-0.2, 0) is 54.7 Å². The number of ether oxygens (including phenoxy) is 2. The SMILES string of the molecule is CC(=O)OCOC(=O)Cc1ccc(C2=C3C(=O)CC(c4ccccc4)=C3C(=O)N2)cc1.CCn1c(O)c2c(c1-c1ccccc1)C(=O)N=C2c1ccccc1.Cc1ccc(Cn2c(O)c3c(c2-c2ccccc2)C(=O)N=C3c2ccccc2)cc1.Cc1ccc(Cn2c3ccccc3c(=O)c3cc4[nH]c5ccccc5c(=O)c4cc32)cc1. The van der Waals surface area contributed by atoms with E-state index in [1.165, 1.54) is 18.1 Å². The molecule has 19 heteroatoms. The van der Waals surface area contributed by atoms with Gasteiger partial charge < -0.3 is 43.7 Å². The van der Waals surface area contributed by atoms with Crippen LogP contribution < -0.4 is 16.2 Å². The molecule has 0 saturated heterocycles. The molecule has 3 aliphatic heterocycles. The van der Waals surface area contributed by atoms with E-state index >= 15 is 0 Å². The Kier molecular flexibility index (Phi) is 21.0. The lowest BCUT2D eigenvalue weighted by atomic mass is 10.0. The molecule has 0 radical (unpaired) electrons. The zero-order chi connectivity index (χ0) is 81.1. The van der Waals surface area contributed by atoms with Crippen molar-refractivity contribution < 1.29 is 48.5 Å². The molecule has 0 fully saturated rings. The average Bonchev–Trinajstić information content (AvgIpc) is 1.64. The number of Topliss-reactive ketones (excluding diaryl/α,β-unsaturated/α-hetero) is 1. The van der Waals surface area contributed by atoms with E-state index in [1.54, 1.807) is 28.8 Å². The number of aromatic hydroxyl groups is 2. The smallest absolute Gasteiger partial charge is 0.313 e. The van der Waals surface area contributed by atoms with Crippen LogP contribution >= 0.6 is 0 Å². The fourth-order valence-electron chi connectivity index (χ4n) is 15.5. The number of carbonyl (C=O) groups is 6. The number of carbonyl (C=O) groups excluding carboxylic acids is 6. The second-order valence-corrected chi connectivity index (χ2v) is 28.7. The normalized spacial score (nSPS) is 13.1. The summed E-state index contributed by atoms with van der Waals surface area (Å²) in [5.74, 6) is -1.90. The van der Waals surface area contributed by atoms with E-state index in [4.69, 9.17) is 4.74 Å². The third-order valence-electron chi connectivity index (χ3n) is 21.1. The van der Waals surface area contributed by atoms with Crippen molar-refractivity contribution in [3.8, 4) is 34.3 Å². The van der Waals surface area contributed by atoms with Gasteiger partial charge in [0.1, 0.15) is 0 Å². The molecule has 0 bridgehead atoms. The first kappa shape index (κ1) is 75.8. The van der Waals surface area contributed by atoms with Gasteiger partial charge in [-0.3, -0.25) is 38.4 Å². The molecule has 19 rings (SSSR count). The molecule has 0 unspecified atom stereocenters. The molecule has 4 aromatic heterocycles. The highest BCUT2D eigenvalue weighted by Crippen LogP contribution is 2.45. The van der Waals surface area contributed by atoms with Crippen molar-refractivity contribution >= 4 is 102 Å². The molecule has 1 aliphatic carbocycles. The van der Waals surface area contributed by atoms with Gasteiger partial charge in [0.15, 0.2) is 16.6 Å². The first-order valence-electron chi connectivity index (χ1n) is 38.2. The minimum absolute atomic E-state index is 0.00203. The van der Waals surface area contributed by atoms with Crippen LogP contribution in [0.25, 0.3) is 77.4 Å². The Labute approximate surface area is 670 Å². The number of hydrogen-bond donors (Lipinski definition) is 4.